The molecule has 2 aromatic heterocycles. The number of hydrogen-bond donors (Lipinski definition) is 2. The van der Waals surface area contributed by atoms with Crippen LogP contribution in [0.4, 0.5) is 10.2 Å². The van der Waals surface area contributed by atoms with Crippen LogP contribution in [-0.4, -0.2) is 61.9 Å². The highest BCUT2D eigenvalue weighted by atomic mass is 32.2. The number of carbonyl (C=O) groups is 1. The molecule has 214 valence electrons. The number of H-pyrrole nitrogens is 1. The fraction of sp³-hybridized carbons (Fsp3) is 0.464. The van der Waals surface area contributed by atoms with Crippen LogP contribution >= 0.6 is 0 Å². The molecule has 10 nitrogen and oxygen atoms in total. The lowest BCUT2D eigenvalue weighted by atomic mass is 10.1. The molecule has 1 aromatic carbocycles. The number of benzene rings is 1. The standard InChI is InChI=1S/C28H34FN5O5S/c1-18(2)16-38-23-14-20(13-21(29)15-23)25-6-5-24(28(35)33-40(36,37)26-7-10-30-32-26)27(31-25)34-11-8-22(9-12-34)39-17-19-3-4-19/h5-7,10,13-15,18-19,22H,3-4,8-9,11-12,16-17H2,1-2H3,(H,30,32)(H,33,35). The van der Waals surface area contributed by atoms with Crippen LogP contribution < -0.4 is 14.4 Å². The number of sulfonamides is 1. The number of carbonyl (C=O) groups excluding carboxylic acids is 1. The smallest absolute Gasteiger partial charge is 0.281 e. The van der Waals surface area contributed by atoms with E-state index in [9.17, 15) is 17.6 Å². The van der Waals surface area contributed by atoms with Gasteiger partial charge in [0.2, 0.25) is 0 Å². The first kappa shape index (κ1) is 28.0. The summed E-state index contributed by atoms with van der Waals surface area (Å²) in [4.78, 5) is 20.0. The molecule has 1 saturated carbocycles. The summed E-state index contributed by atoms with van der Waals surface area (Å²) in [6, 6.07) is 8.74. The fourth-order valence-corrected chi connectivity index (χ4v) is 5.38. The van der Waals surface area contributed by atoms with Gasteiger partial charge in [-0.15, -0.1) is 0 Å². The van der Waals surface area contributed by atoms with Gasteiger partial charge in [0.25, 0.3) is 15.9 Å². The van der Waals surface area contributed by atoms with Gasteiger partial charge in [0.1, 0.15) is 17.4 Å². The maximum Gasteiger partial charge on any atom is 0.281 e. The zero-order valence-corrected chi connectivity index (χ0v) is 23.4. The Morgan fingerprint density at radius 2 is 1.93 bits per heavy atom. The lowest BCUT2D eigenvalue weighted by Gasteiger charge is -2.34. The van der Waals surface area contributed by atoms with E-state index < -0.39 is 21.7 Å². The molecule has 2 fully saturated rings. The normalized spacial score (nSPS) is 16.4. The van der Waals surface area contributed by atoms with E-state index in [0.717, 1.165) is 19.4 Å². The zero-order valence-electron chi connectivity index (χ0n) is 22.6. The lowest BCUT2D eigenvalue weighted by Crippen LogP contribution is -2.39. The van der Waals surface area contributed by atoms with Gasteiger partial charge in [-0.2, -0.15) is 13.5 Å². The summed E-state index contributed by atoms with van der Waals surface area (Å²) in [6.07, 6.45) is 5.36. The molecule has 0 radical (unpaired) electrons. The van der Waals surface area contributed by atoms with Crippen molar-refractivity contribution in [1.29, 1.82) is 0 Å². The quantitative estimate of drug-likeness (QED) is 0.351. The van der Waals surface area contributed by atoms with Crippen LogP contribution in [0.25, 0.3) is 11.3 Å². The minimum atomic E-state index is -4.17. The van der Waals surface area contributed by atoms with Crippen LogP contribution in [0, 0.1) is 17.7 Å². The van der Waals surface area contributed by atoms with Gasteiger partial charge in [-0.25, -0.2) is 14.1 Å². The van der Waals surface area contributed by atoms with E-state index in [1.54, 1.807) is 12.1 Å². The minimum Gasteiger partial charge on any atom is -0.493 e. The Labute approximate surface area is 233 Å². The lowest BCUT2D eigenvalue weighted by molar-refractivity contribution is 0.0304. The van der Waals surface area contributed by atoms with Gasteiger partial charge in [-0.3, -0.25) is 9.89 Å². The first-order valence-corrected chi connectivity index (χ1v) is 15.0. The molecule has 1 saturated heterocycles. The predicted octanol–water partition coefficient (Wildman–Crippen LogP) is 4.16. The van der Waals surface area contributed by atoms with E-state index in [2.05, 4.69) is 14.9 Å². The van der Waals surface area contributed by atoms with Crippen LogP contribution in [0.1, 0.15) is 49.9 Å². The van der Waals surface area contributed by atoms with E-state index in [4.69, 9.17) is 14.5 Å². The van der Waals surface area contributed by atoms with E-state index in [-0.39, 0.29) is 22.6 Å². The Bertz CT molecular complexity index is 1440. The molecule has 0 unspecified atom stereocenters. The second-order valence-electron chi connectivity index (χ2n) is 10.8. The van der Waals surface area contributed by atoms with Crippen LogP contribution in [0.5, 0.6) is 5.75 Å². The van der Waals surface area contributed by atoms with Gasteiger partial charge in [-0.05, 0) is 67.9 Å². The van der Waals surface area contributed by atoms with Gasteiger partial charge in [0, 0.05) is 31.3 Å². The number of ether oxygens (including phenoxy) is 2. The Balaban J connectivity index is 1.43. The number of piperidine rings is 1. The van der Waals surface area contributed by atoms with E-state index in [1.165, 1.54) is 43.3 Å². The van der Waals surface area contributed by atoms with E-state index >= 15 is 0 Å². The molecule has 1 amide bonds. The van der Waals surface area contributed by atoms with Crippen molar-refractivity contribution < 1.29 is 27.1 Å². The van der Waals surface area contributed by atoms with Crippen molar-refractivity contribution in [3.63, 3.8) is 0 Å². The minimum absolute atomic E-state index is 0.0943. The van der Waals surface area contributed by atoms with Crippen LogP contribution in [0.2, 0.25) is 0 Å². The van der Waals surface area contributed by atoms with Crippen molar-refractivity contribution in [2.24, 2.45) is 11.8 Å². The van der Waals surface area contributed by atoms with Crippen molar-refractivity contribution in [1.82, 2.24) is 19.9 Å². The first-order valence-electron chi connectivity index (χ1n) is 13.6. The molecule has 3 aromatic rings. The van der Waals surface area contributed by atoms with Gasteiger partial charge < -0.3 is 14.4 Å². The Morgan fingerprint density at radius 3 is 2.60 bits per heavy atom. The summed E-state index contributed by atoms with van der Waals surface area (Å²) in [5.41, 5.74) is 1.01. The largest absolute Gasteiger partial charge is 0.493 e. The fourth-order valence-electron chi connectivity index (χ4n) is 4.50. The molecule has 5 rings (SSSR count). The number of halogens is 1. The second-order valence-corrected chi connectivity index (χ2v) is 12.4. The third kappa shape index (κ3) is 6.97. The molecular formula is C28H34FN5O5S. The molecule has 2 aliphatic rings. The summed E-state index contributed by atoms with van der Waals surface area (Å²) >= 11 is 0. The van der Waals surface area contributed by atoms with E-state index in [1.807, 2.05) is 18.7 Å². The number of aromatic amines is 1. The highest BCUT2D eigenvalue weighted by Gasteiger charge is 2.29. The topological polar surface area (TPSA) is 127 Å². The van der Waals surface area contributed by atoms with Gasteiger partial charge in [-0.1, -0.05) is 13.8 Å². The molecule has 2 N–H and O–H groups in total. The number of amides is 1. The molecule has 1 aliphatic heterocycles. The maximum absolute atomic E-state index is 14.5. The Hall–Kier alpha value is -3.51. The number of hydrogen-bond acceptors (Lipinski definition) is 8. The van der Waals surface area contributed by atoms with Gasteiger partial charge >= 0.3 is 0 Å². The van der Waals surface area contributed by atoms with Crippen molar-refractivity contribution in [3.8, 4) is 17.0 Å². The number of nitrogens with one attached hydrogen (secondary N) is 2. The summed E-state index contributed by atoms with van der Waals surface area (Å²) in [6.45, 7) is 6.37. The molecule has 40 heavy (non-hydrogen) atoms. The highest BCUT2D eigenvalue weighted by molar-refractivity contribution is 7.90. The number of aromatic nitrogens is 3. The molecule has 12 heteroatoms. The molecule has 0 spiro atoms. The van der Waals surface area contributed by atoms with Gasteiger partial charge in [0.15, 0.2) is 5.03 Å². The van der Waals surface area contributed by atoms with Crippen LogP contribution in [0.3, 0.4) is 0 Å². The SMILES string of the molecule is CC(C)COc1cc(F)cc(-c2ccc(C(=O)NS(=O)(=O)c3ccn[nH]3)c(N3CCC(OCC4CC4)CC3)n2)c1. The van der Waals surface area contributed by atoms with E-state index in [0.29, 0.717) is 48.4 Å². The predicted molar refractivity (Wildman–Crippen MR) is 147 cm³/mol. The van der Waals surface area contributed by atoms with Crippen LogP contribution in [0.15, 0.2) is 47.6 Å². The number of nitrogens with zero attached hydrogens (tertiary/aromatic N) is 3. The summed E-state index contributed by atoms with van der Waals surface area (Å²) in [7, 11) is -4.17. The monoisotopic (exact) mass is 571 g/mol. The number of pyridine rings is 1. The number of anilines is 1. The number of rotatable bonds is 11. The van der Waals surface area contributed by atoms with Gasteiger partial charge in [0.05, 0.1) is 30.2 Å². The first-order chi connectivity index (χ1) is 19.2. The molecular weight excluding hydrogens is 537 g/mol. The summed E-state index contributed by atoms with van der Waals surface area (Å²) in [5, 5.41) is 5.78. The van der Waals surface area contributed by atoms with Crippen molar-refractivity contribution in [2.75, 3.05) is 31.2 Å². The van der Waals surface area contributed by atoms with Crippen molar-refractivity contribution in [3.05, 3.63) is 54.0 Å². The van der Waals surface area contributed by atoms with Crippen molar-refractivity contribution in [2.45, 2.75) is 50.7 Å². The molecule has 1 aliphatic carbocycles. The molecule has 0 bridgehead atoms. The zero-order chi connectivity index (χ0) is 28.3. The Morgan fingerprint density at radius 1 is 1.15 bits per heavy atom. The summed E-state index contributed by atoms with van der Waals surface area (Å²) < 4.78 is 53.8. The highest BCUT2D eigenvalue weighted by Crippen LogP contribution is 2.32. The molecule has 3 heterocycles. The summed E-state index contributed by atoms with van der Waals surface area (Å²) in [5.74, 6) is 0.349. The third-order valence-corrected chi connectivity index (χ3v) is 8.13. The van der Waals surface area contributed by atoms with Crippen LogP contribution in [-0.2, 0) is 14.8 Å². The molecule has 0 atom stereocenters. The maximum atomic E-state index is 14.5. The second kappa shape index (κ2) is 11.9. The third-order valence-electron chi connectivity index (χ3n) is 6.87. The average molecular weight is 572 g/mol. The van der Waals surface area contributed by atoms with Crippen molar-refractivity contribution >= 4 is 21.7 Å². The average Bonchev–Trinajstić information content (AvgIpc) is 3.58. The Kier molecular flexibility index (Phi) is 8.36.